The van der Waals surface area contributed by atoms with E-state index in [-0.39, 0.29) is 18.3 Å². The van der Waals surface area contributed by atoms with Crippen molar-refractivity contribution in [1.82, 2.24) is 4.90 Å². The number of benzene rings is 1. The Morgan fingerprint density at radius 3 is 2.86 bits per heavy atom. The fraction of sp³-hybridized carbons (Fsp3) is 0.588. The van der Waals surface area contributed by atoms with E-state index >= 15 is 0 Å². The number of carbonyl (C=O) groups is 1. The summed E-state index contributed by atoms with van der Waals surface area (Å²) in [5.41, 5.74) is 9.23. The lowest BCUT2D eigenvalue weighted by Crippen LogP contribution is -2.41. The molecular weight excluding hydrogens is 284 g/mol. The third-order valence-electron chi connectivity index (χ3n) is 4.29. The standard InChI is InChI=1S/C17H26N2O.ClH/c1-13-5-6-14(2)16(10-13)11-17(20)19-9-3-4-15(12-19)7-8-18;/h5-6,10,15H,3-4,7-9,11-12,18H2,1-2H3;1H. The molecule has 0 aliphatic carbocycles. The molecule has 1 amide bonds. The second-order valence-electron chi connectivity index (χ2n) is 6.03. The highest BCUT2D eigenvalue weighted by molar-refractivity contribution is 5.85. The number of hydrogen-bond donors (Lipinski definition) is 1. The van der Waals surface area contributed by atoms with Crippen LogP contribution in [0.4, 0.5) is 0 Å². The van der Waals surface area contributed by atoms with Gasteiger partial charge in [0.15, 0.2) is 0 Å². The van der Waals surface area contributed by atoms with Gasteiger partial charge in [0.05, 0.1) is 6.42 Å². The third-order valence-corrected chi connectivity index (χ3v) is 4.29. The minimum Gasteiger partial charge on any atom is -0.342 e. The molecule has 1 aromatic carbocycles. The zero-order chi connectivity index (χ0) is 14.5. The summed E-state index contributed by atoms with van der Waals surface area (Å²) in [6.45, 7) is 6.68. The number of aryl methyl sites for hydroxylation is 2. The number of halogens is 1. The Bertz CT molecular complexity index is 474. The maximum Gasteiger partial charge on any atom is 0.227 e. The van der Waals surface area contributed by atoms with E-state index in [9.17, 15) is 4.79 Å². The SMILES string of the molecule is Cc1ccc(C)c(CC(=O)N2CCCC(CCN)C2)c1.Cl. The Kier molecular flexibility index (Phi) is 7.20. The Hall–Kier alpha value is -1.06. The van der Waals surface area contributed by atoms with Crippen molar-refractivity contribution in [1.29, 1.82) is 0 Å². The number of nitrogens with two attached hydrogens (primary N) is 1. The number of nitrogens with zero attached hydrogens (tertiary/aromatic N) is 1. The van der Waals surface area contributed by atoms with E-state index < -0.39 is 0 Å². The van der Waals surface area contributed by atoms with Crippen LogP contribution in [0.15, 0.2) is 18.2 Å². The van der Waals surface area contributed by atoms with Crippen LogP contribution in [0.5, 0.6) is 0 Å². The highest BCUT2D eigenvalue weighted by atomic mass is 35.5. The predicted molar refractivity (Wildman–Crippen MR) is 89.8 cm³/mol. The minimum absolute atomic E-state index is 0. The molecular formula is C17H27ClN2O. The van der Waals surface area contributed by atoms with Crippen LogP contribution in [-0.2, 0) is 11.2 Å². The molecule has 1 aromatic rings. The number of hydrogen-bond acceptors (Lipinski definition) is 2. The van der Waals surface area contributed by atoms with Crippen molar-refractivity contribution >= 4 is 18.3 Å². The van der Waals surface area contributed by atoms with Gasteiger partial charge in [0.2, 0.25) is 5.91 Å². The average molecular weight is 311 g/mol. The molecule has 21 heavy (non-hydrogen) atoms. The maximum atomic E-state index is 12.5. The molecule has 0 bridgehead atoms. The van der Waals surface area contributed by atoms with E-state index in [1.54, 1.807) is 0 Å². The van der Waals surface area contributed by atoms with E-state index in [1.165, 1.54) is 17.5 Å². The molecule has 4 heteroatoms. The molecule has 2 N–H and O–H groups in total. The topological polar surface area (TPSA) is 46.3 Å². The number of likely N-dealkylation sites (tertiary alicyclic amines) is 1. The molecule has 1 atom stereocenters. The number of amides is 1. The molecule has 118 valence electrons. The van der Waals surface area contributed by atoms with Crippen LogP contribution < -0.4 is 5.73 Å². The van der Waals surface area contributed by atoms with Crippen molar-refractivity contribution in [2.24, 2.45) is 11.7 Å². The average Bonchev–Trinajstić information content (AvgIpc) is 2.43. The molecule has 0 saturated carbocycles. The van der Waals surface area contributed by atoms with Gasteiger partial charge < -0.3 is 10.6 Å². The lowest BCUT2D eigenvalue weighted by molar-refractivity contribution is -0.132. The van der Waals surface area contributed by atoms with E-state index in [2.05, 4.69) is 32.0 Å². The van der Waals surface area contributed by atoms with Crippen LogP contribution in [0.3, 0.4) is 0 Å². The van der Waals surface area contributed by atoms with Gasteiger partial charge in [0.25, 0.3) is 0 Å². The first-order valence-electron chi connectivity index (χ1n) is 7.64. The molecule has 0 aromatic heterocycles. The lowest BCUT2D eigenvalue weighted by Gasteiger charge is -2.33. The van der Waals surface area contributed by atoms with Gasteiger partial charge in [-0.2, -0.15) is 0 Å². The van der Waals surface area contributed by atoms with Crippen LogP contribution in [0.2, 0.25) is 0 Å². The fourth-order valence-electron chi connectivity index (χ4n) is 3.03. The largest absolute Gasteiger partial charge is 0.342 e. The second kappa shape index (κ2) is 8.40. The third kappa shape index (κ3) is 5.01. The molecule has 1 unspecified atom stereocenters. The monoisotopic (exact) mass is 310 g/mol. The molecule has 0 radical (unpaired) electrons. The van der Waals surface area contributed by atoms with Crippen LogP contribution in [-0.4, -0.2) is 30.4 Å². The Labute approximate surface area is 134 Å². The summed E-state index contributed by atoms with van der Waals surface area (Å²) in [5.74, 6) is 0.858. The molecule has 1 fully saturated rings. The van der Waals surface area contributed by atoms with Crippen molar-refractivity contribution in [3.05, 3.63) is 34.9 Å². The van der Waals surface area contributed by atoms with Gasteiger partial charge in [0, 0.05) is 13.1 Å². The normalized spacial score (nSPS) is 18.2. The number of rotatable bonds is 4. The second-order valence-corrected chi connectivity index (χ2v) is 6.03. The van der Waals surface area contributed by atoms with Gasteiger partial charge >= 0.3 is 0 Å². The number of piperidine rings is 1. The van der Waals surface area contributed by atoms with E-state index in [4.69, 9.17) is 5.73 Å². The summed E-state index contributed by atoms with van der Waals surface area (Å²) in [4.78, 5) is 14.5. The first kappa shape index (κ1) is 18.0. The Morgan fingerprint density at radius 1 is 1.38 bits per heavy atom. The van der Waals surface area contributed by atoms with Gasteiger partial charge in [-0.1, -0.05) is 23.8 Å². The summed E-state index contributed by atoms with van der Waals surface area (Å²) < 4.78 is 0. The summed E-state index contributed by atoms with van der Waals surface area (Å²) in [6, 6.07) is 6.33. The predicted octanol–water partition coefficient (Wildman–Crippen LogP) is 2.86. The summed E-state index contributed by atoms with van der Waals surface area (Å²) >= 11 is 0. The smallest absolute Gasteiger partial charge is 0.227 e. The van der Waals surface area contributed by atoms with Gasteiger partial charge in [-0.3, -0.25) is 4.79 Å². The van der Waals surface area contributed by atoms with Crippen molar-refractivity contribution in [3.8, 4) is 0 Å². The van der Waals surface area contributed by atoms with Crippen LogP contribution in [0.25, 0.3) is 0 Å². The van der Waals surface area contributed by atoms with Crippen LogP contribution >= 0.6 is 12.4 Å². The molecule has 0 spiro atoms. The lowest BCUT2D eigenvalue weighted by atomic mass is 9.94. The Morgan fingerprint density at radius 2 is 2.14 bits per heavy atom. The molecule has 1 aliphatic heterocycles. The molecule has 3 nitrogen and oxygen atoms in total. The van der Waals surface area contributed by atoms with Crippen LogP contribution in [0.1, 0.15) is 36.0 Å². The summed E-state index contributed by atoms with van der Waals surface area (Å²) in [7, 11) is 0. The van der Waals surface area contributed by atoms with E-state index in [0.717, 1.165) is 38.0 Å². The zero-order valence-corrected chi connectivity index (χ0v) is 13.9. The fourth-order valence-corrected chi connectivity index (χ4v) is 3.03. The van der Waals surface area contributed by atoms with Gasteiger partial charge in [-0.05, 0) is 56.7 Å². The van der Waals surface area contributed by atoms with Crippen molar-refractivity contribution in [2.75, 3.05) is 19.6 Å². The number of carbonyl (C=O) groups excluding carboxylic acids is 1. The van der Waals surface area contributed by atoms with Gasteiger partial charge in [0.1, 0.15) is 0 Å². The summed E-state index contributed by atoms with van der Waals surface area (Å²) in [6.07, 6.45) is 3.89. The first-order chi connectivity index (χ1) is 9.60. The van der Waals surface area contributed by atoms with Crippen molar-refractivity contribution in [2.45, 2.75) is 39.5 Å². The molecule has 1 saturated heterocycles. The van der Waals surface area contributed by atoms with Crippen molar-refractivity contribution in [3.63, 3.8) is 0 Å². The van der Waals surface area contributed by atoms with E-state index in [1.807, 2.05) is 4.90 Å². The quantitative estimate of drug-likeness (QED) is 0.929. The van der Waals surface area contributed by atoms with Crippen molar-refractivity contribution < 1.29 is 4.79 Å². The highest BCUT2D eigenvalue weighted by Gasteiger charge is 2.23. The molecule has 1 heterocycles. The summed E-state index contributed by atoms with van der Waals surface area (Å²) in [5, 5.41) is 0. The zero-order valence-electron chi connectivity index (χ0n) is 13.1. The Balaban J connectivity index is 0.00000220. The molecule has 1 aliphatic rings. The van der Waals surface area contributed by atoms with E-state index in [0.29, 0.717) is 12.3 Å². The maximum absolute atomic E-state index is 12.5. The first-order valence-corrected chi connectivity index (χ1v) is 7.64. The van der Waals surface area contributed by atoms with Crippen LogP contribution in [0, 0.1) is 19.8 Å². The highest BCUT2D eigenvalue weighted by Crippen LogP contribution is 2.20. The van der Waals surface area contributed by atoms with Gasteiger partial charge in [-0.15, -0.1) is 12.4 Å². The van der Waals surface area contributed by atoms with Gasteiger partial charge in [-0.25, -0.2) is 0 Å². The minimum atomic E-state index is 0. The molecule has 2 rings (SSSR count).